The summed E-state index contributed by atoms with van der Waals surface area (Å²) in [6.45, 7) is 4.08. The molecule has 0 amide bonds. The number of hydrogen-bond donors (Lipinski definition) is 6. The molecule has 1 aliphatic carbocycles. The molecule has 0 aromatic rings. The van der Waals surface area contributed by atoms with Crippen molar-refractivity contribution >= 4 is 13.8 Å². The number of unbranched alkanes of at least 4 members (excludes halogenated alkanes) is 16. The summed E-state index contributed by atoms with van der Waals surface area (Å²) in [5, 5.41) is 50.1. The fraction of sp³-hybridized carbons (Fsp3) is 0.766. The number of phosphoric acid groups is 1. The van der Waals surface area contributed by atoms with E-state index in [1.807, 2.05) is 0 Å². The second-order valence-electron chi connectivity index (χ2n) is 15.9. The van der Waals surface area contributed by atoms with Crippen LogP contribution in [0.3, 0.4) is 0 Å². The molecule has 1 rings (SSSR count). The van der Waals surface area contributed by atoms with Gasteiger partial charge in [0.2, 0.25) is 0 Å². The molecule has 1 fully saturated rings. The lowest BCUT2D eigenvalue weighted by Crippen LogP contribution is -2.64. The van der Waals surface area contributed by atoms with Gasteiger partial charge in [-0.2, -0.15) is 0 Å². The van der Waals surface area contributed by atoms with E-state index >= 15 is 0 Å². The van der Waals surface area contributed by atoms with Crippen LogP contribution in [0.2, 0.25) is 0 Å². The van der Waals surface area contributed by atoms with Gasteiger partial charge >= 0.3 is 13.8 Å². The average molecular weight is 871 g/mol. The molecule has 60 heavy (non-hydrogen) atoms. The van der Waals surface area contributed by atoms with E-state index in [9.17, 15) is 39.8 Å². The average Bonchev–Trinajstić information content (AvgIpc) is 3.23. The lowest BCUT2D eigenvalue weighted by molar-refractivity contribution is -0.220. The van der Waals surface area contributed by atoms with Gasteiger partial charge in [-0.3, -0.25) is 13.8 Å². The number of aliphatic hydroxyl groups excluding tert-OH is 5. The van der Waals surface area contributed by atoms with Gasteiger partial charge < -0.3 is 39.9 Å². The number of carbonyl (C=O) groups is 1. The predicted octanol–water partition coefficient (Wildman–Crippen LogP) is 9.42. The fourth-order valence-corrected chi connectivity index (χ4v) is 7.71. The Bertz CT molecular complexity index is 1220. The van der Waals surface area contributed by atoms with Gasteiger partial charge in [-0.1, -0.05) is 164 Å². The number of carbonyl (C=O) groups excluding carboxylic acids is 1. The molecule has 6 N–H and O–H groups in total. The molecule has 1 aliphatic rings. The topological polar surface area (TPSA) is 192 Å². The summed E-state index contributed by atoms with van der Waals surface area (Å²) >= 11 is 0. The van der Waals surface area contributed by atoms with Crippen LogP contribution in [0.1, 0.15) is 168 Å². The monoisotopic (exact) mass is 871 g/mol. The number of allylic oxidation sites excluding steroid dienone is 10. The van der Waals surface area contributed by atoms with Crippen LogP contribution in [0.4, 0.5) is 0 Å². The van der Waals surface area contributed by atoms with Crippen LogP contribution in [-0.4, -0.2) is 98.9 Å². The van der Waals surface area contributed by atoms with E-state index in [4.69, 9.17) is 18.5 Å². The van der Waals surface area contributed by atoms with Gasteiger partial charge in [0.1, 0.15) is 42.7 Å². The maximum Gasteiger partial charge on any atom is 0.472 e. The third kappa shape index (κ3) is 29.4. The van der Waals surface area contributed by atoms with E-state index < -0.39 is 63.1 Å². The zero-order chi connectivity index (χ0) is 44.1. The lowest BCUT2D eigenvalue weighted by atomic mass is 9.85. The highest BCUT2D eigenvalue weighted by molar-refractivity contribution is 7.47. The number of hydrogen-bond acceptors (Lipinski definition) is 11. The Morgan fingerprint density at radius 2 is 0.983 bits per heavy atom. The standard InChI is InChI=1S/C47H83O12P/c1-3-5-7-9-11-13-14-15-16-17-18-19-20-21-22-23-24-25-26-27-29-31-33-35-37-56-38-40(58-41(48)36-34-32-30-28-12-10-8-6-4-2)39-57-60(54,55)59-47-45(52)43(50)42(49)44(51)46(47)53/h5,7,11,13,15-16,18-19,21-22,40,42-47,49-53H,3-4,6,8-10,12,14,17,20,23-39H2,1-2H3,(H,54,55)/b7-5-,13-11-,16-15-,19-18-,22-21-. The van der Waals surface area contributed by atoms with E-state index in [1.165, 1.54) is 57.8 Å². The summed E-state index contributed by atoms with van der Waals surface area (Å²) in [4.78, 5) is 23.0. The van der Waals surface area contributed by atoms with Crippen LogP contribution >= 0.6 is 7.82 Å². The molecule has 6 unspecified atom stereocenters. The van der Waals surface area contributed by atoms with Gasteiger partial charge in [0.05, 0.1) is 13.2 Å². The highest BCUT2D eigenvalue weighted by Crippen LogP contribution is 2.47. The predicted molar refractivity (Wildman–Crippen MR) is 239 cm³/mol. The first-order valence-corrected chi connectivity index (χ1v) is 24.6. The SMILES string of the molecule is CC/C=C\C/C=C\C/C=C\C/C=C\C/C=C\CCCCCCCCCCOCC(COP(=O)(O)OC1C(O)C(O)C(O)C(O)C1O)OC(=O)CCCCCCCCCCC. The van der Waals surface area contributed by atoms with Gasteiger partial charge in [0.25, 0.3) is 0 Å². The van der Waals surface area contributed by atoms with Crippen molar-refractivity contribution in [3.63, 3.8) is 0 Å². The molecule has 12 nitrogen and oxygen atoms in total. The summed E-state index contributed by atoms with van der Waals surface area (Å²) in [6.07, 6.45) is 34.5. The molecule has 0 aliphatic heterocycles. The van der Waals surface area contributed by atoms with Crippen molar-refractivity contribution in [3.05, 3.63) is 60.8 Å². The van der Waals surface area contributed by atoms with Crippen LogP contribution < -0.4 is 0 Å². The highest BCUT2D eigenvalue weighted by Gasteiger charge is 2.51. The van der Waals surface area contributed by atoms with Gasteiger partial charge in [-0.15, -0.1) is 0 Å². The minimum Gasteiger partial charge on any atom is -0.457 e. The Kier molecular flexibility index (Phi) is 35.1. The van der Waals surface area contributed by atoms with Crippen LogP contribution in [0, 0.1) is 0 Å². The highest BCUT2D eigenvalue weighted by atomic mass is 31.2. The molecule has 0 spiro atoms. The van der Waals surface area contributed by atoms with E-state index in [2.05, 4.69) is 74.6 Å². The first kappa shape index (κ1) is 56.1. The Labute approximate surface area is 362 Å². The second-order valence-corrected chi connectivity index (χ2v) is 17.3. The van der Waals surface area contributed by atoms with Crippen molar-refractivity contribution in [2.24, 2.45) is 0 Å². The van der Waals surface area contributed by atoms with E-state index in [0.29, 0.717) is 13.0 Å². The van der Waals surface area contributed by atoms with Gasteiger partial charge in [-0.25, -0.2) is 4.57 Å². The number of aliphatic hydroxyl groups is 5. The van der Waals surface area contributed by atoms with Gasteiger partial charge in [0.15, 0.2) is 0 Å². The molecule has 6 atom stereocenters. The molecule has 0 bridgehead atoms. The Hall–Kier alpha value is -1.96. The van der Waals surface area contributed by atoms with Crippen LogP contribution in [0.15, 0.2) is 60.8 Å². The van der Waals surface area contributed by atoms with Crippen molar-refractivity contribution in [2.75, 3.05) is 19.8 Å². The largest absolute Gasteiger partial charge is 0.472 e. The van der Waals surface area contributed by atoms with Gasteiger partial charge in [-0.05, 0) is 57.8 Å². The molecule has 0 aromatic carbocycles. The number of esters is 1. The van der Waals surface area contributed by atoms with Crippen molar-refractivity contribution in [2.45, 2.75) is 211 Å². The van der Waals surface area contributed by atoms with E-state index in [0.717, 1.165) is 83.5 Å². The number of rotatable bonds is 38. The van der Waals surface area contributed by atoms with Crippen LogP contribution in [-0.2, 0) is 27.9 Å². The maximum atomic E-state index is 12.8. The fourth-order valence-electron chi connectivity index (χ4n) is 6.73. The minimum absolute atomic E-state index is 0.0836. The molecule has 0 aromatic heterocycles. The zero-order valence-electron chi connectivity index (χ0n) is 37.0. The first-order chi connectivity index (χ1) is 29.0. The second kappa shape index (κ2) is 37.6. The smallest absolute Gasteiger partial charge is 0.457 e. The third-order valence-electron chi connectivity index (χ3n) is 10.4. The summed E-state index contributed by atoms with van der Waals surface area (Å²) in [6, 6.07) is 0. The van der Waals surface area contributed by atoms with Crippen LogP contribution in [0.25, 0.3) is 0 Å². The molecular weight excluding hydrogens is 787 g/mol. The summed E-state index contributed by atoms with van der Waals surface area (Å²) in [7, 11) is -5.02. The van der Waals surface area contributed by atoms with Crippen molar-refractivity contribution < 1.29 is 58.3 Å². The summed E-state index contributed by atoms with van der Waals surface area (Å²) in [5.74, 6) is -0.486. The quantitative estimate of drug-likeness (QED) is 0.0149. The van der Waals surface area contributed by atoms with E-state index in [1.54, 1.807) is 0 Å². The zero-order valence-corrected chi connectivity index (χ0v) is 37.9. The minimum atomic E-state index is -5.02. The number of ether oxygens (including phenoxy) is 2. The molecule has 0 radical (unpaired) electrons. The number of phosphoric ester groups is 1. The van der Waals surface area contributed by atoms with Crippen molar-refractivity contribution in [1.82, 2.24) is 0 Å². The first-order valence-electron chi connectivity index (χ1n) is 23.1. The molecule has 13 heteroatoms. The third-order valence-corrected chi connectivity index (χ3v) is 11.4. The molecule has 1 saturated carbocycles. The summed E-state index contributed by atoms with van der Waals surface area (Å²) < 4.78 is 34.1. The molecule has 0 saturated heterocycles. The van der Waals surface area contributed by atoms with Crippen molar-refractivity contribution in [3.8, 4) is 0 Å². The maximum absolute atomic E-state index is 12.8. The van der Waals surface area contributed by atoms with Crippen LogP contribution in [0.5, 0.6) is 0 Å². The van der Waals surface area contributed by atoms with Crippen molar-refractivity contribution in [1.29, 1.82) is 0 Å². The Balaban J connectivity index is 2.31. The van der Waals surface area contributed by atoms with E-state index in [-0.39, 0.29) is 13.0 Å². The van der Waals surface area contributed by atoms with Gasteiger partial charge in [0, 0.05) is 13.0 Å². The molecular formula is C47H83O12P. The molecule has 0 heterocycles. The molecule has 348 valence electrons. The Morgan fingerprint density at radius 3 is 1.50 bits per heavy atom. The lowest BCUT2D eigenvalue weighted by Gasteiger charge is -2.41. The normalized spacial score (nSPS) is 22.9. The summed E-state index contributed by atoms with van der Waals surface area (Å²) in [5.41, 5.74) is 0. The Morgan fingerprint density at radius 1 is 0.550 bits per heavy atom.